The predicted molar refractivity (Wildman–Crippen MR) is 45.5 cm³/mol. The zero-order chi connectivity index (χ0) is 8.10. The van der Waals surface area contributed by atoms with Gasteiger partial charge in [-0.1, -0.05) is 0 Å². The third-order valence-corrected chi connectivity index (χ3v) is 2.07. The van der Waals surface area contributed by atoms with Gasteiger partial charge in [-0.3, -0.25) is 4.90 Å². The quantitative estimate of drug-likeness (QED) is 0.638. The van der Waals surface area contributed by atoms with Crippen molar-refractivity contribution in [2.24, 2.45) is 0 Å². The lowest BCUT2D eigenvalue weighted by Gasteiger charge is -2.32. The van der Waals surface area contributed by atoms with E-state index in [4.69, 9.17) is 4.74 Å². The molecule has 1 aliphatic rings. The molecule has 1 N–H and O–H groups in total. The number of hydrogen-bond acceptors (Lipinski definition) is 3. The highest BCUT2D eigenvalue weighted by molar-refractivity contribution is 4.68. The number of nitrogens with one attached hydrogen (secondary N) is 1. The Morgan fingerprint density at radius 3 is 2.64 bits per heavy atom. The lowest BCUT2D eigenvalue weighted by Crippen LogP contribution is -2.48. The van der Waals surface area contributed by atoms with E-state index in [1.54, 1.807) is 0 Å². The van der Waals surface area contributed by atoms with Crippen LogP contribution in [0.2, 0.25) is 0 Å². The molecule has 0 aliphatic carbocycles. The summed E-state index contributed by atoms with van der Waals surface area (Å²) in [7, 11) is 0. The van der Waals surface area contributed by atoms with Gasteiger partial charge in [0.1, 0.15) is 6.23 Å². The third-order valence-electron chi connectivity index (χ3n) is 2.07. The van der Waals surface area contributed by atoms with E-state index in [1.165, 1.54) is 0 Å². The molecule has 1 rings (SSSR count). The zero-order valence-electron chi connectivity index (χ0n) is 7.47. The van der Waals surface area contributed by atoms with E-state index in [2.05, 4.69) is 17.1 Å². The average molecular weight is 158 g/mol. The highest BCUT2D eigenvalue weighted by Crippen LogP contribution is 2.01. The Balaban J connectivity index is 2.21. The zero-order valence-corrected chi connectivity index (χ0v) is 7.47. The first kappa shape index (κ1) is 8.97. The fourth-order valence-corrected chi connectivity index (χ4v) is 1.39. The van der Waals surface area contributed by atoms with Crippen LogP contribution in [0.3, 0.4) is 0 Å². The van der Waals surface area contributed by atoms with Crippen LogP contribution in [0.4, 0.5) is 0 Å². The van der Waals surface area contributed by atoms with Crippen molar-refractivity contribution in [2.45, 2.75) is 20.1 Å². The van der Waals surface area contributed by atoms with Gasteiger partial charge in [0, 0.05) is 32.8 Å². The minimum Gasteiger partial charge on any atom is -0.364 e. The first-order valence-corrected chi connectivity index (χ1v) is 4.41. The summed E-state index contributed by atoms with van der Waals surface area (Å²) < 4.78 is 5.48. The van der Waals surface area contributed by atoms with Crippen LogP contribution in [0.5, 0.6) is 0 Å². The highest BCUT2D eigenvalue weighted by atomic mass is 16.5. The van der Waals surface area contributed by atoms with Gasteiger partial charge in [0.2, 0.25) is 0 Å². The van der Waals surface area contributed by atoms with Gasteiger partial charge in [0.15, 0.2) is 0 Å². The summed E-state index contributed by atoms with van der Waals surface area (Å²) in [5.74, 6) is 0. The van der Waals surface area contributed by atoms with Crippen LogP contribution < -0.4 is 5.32 Å². The second-order valence-electron chi connectivity index (χ2n) is 2.84. The van der Waals surface area contributed by atoms with Crippen molar-refractivity contribution in [1.82, 2.24) is 10.2 Å². The molecule has 11 heavy (non-hydrogen) atoms. The van der Waals surface area contributed by atoms with Gasteiger partial charge in [-0.15, -0.1) is 0 Å². The molecule has 1 saturated heterocycles. The molecule has 0 aromatic heterocycles. The van der Waals surface area contributed by atoms with E-state index in [0.717, 1.165) is 32.8 Å². The Kier molecular flexibility index (Phi) is 3.83. The third kappa shape index (κ3) is 2.77. The first-order valence-electron chi connectivity index (χ1n) is 4.41. The number of hydrogen-bond donors (Lipinski definition) is 1. The van der Waals surface area contributed by atoms with E-state index >= 15 is 0 Å². The van der Waals surface area contributed by atoms with Gasteiger partial charge in [-0.2, -0.15) is 0 Å². The minimum absolute atomic E-state index is 0.294. The summed E-state index contributed by atoms with van der Waals surface area (Å²) in [6, 6.07) is 0. The number of nitrogens with zero attached hydrogens (tertiary/aromatic N) is 1. The standard InChI is InChI=1S/C8H18N2O/c1-3-11-8(2)10-6-4-9-5-7-10/h8-9H,3-7H2,1-2H3. The molecular weight excluding hydrogens is 140 g/mol. The van der Waals surface area contributed by atoms with E-state index in [9.17, 15) is 0 Å². The maximum atomic E-state index is 5.48. The fourth-order valence-electron chi connectivity index (χ4n) is 1.39. The van der Waals surface area contributed by atoms with Gasteiger partial charge in [0.05, 0.1) is 0 Å². The lowest BCUT2D eigenvalue weighted by atomic mass is 10.3. The fraction of sp³-hybridized carbons (Fsp3) is 1.00. The molecule has 1 unspecified atom stereocenters. The Hall–Kier alpha value is -0.120. The Morgan fingerprint density at radius 2 is 2.09 bits per heavy atom. The lowest BCUT2D eigenvalue weighted by molar-refractivity contribution is -0.0466. The normalized spacial score (nSPS) is 23.5. The van der Waals surface area contributed by atoms with Crippen molar-refractivity contribution in [2.75, 3.05) is 32.8 Å². The van der Waals surface area contributed by atoms with Gasteiger partial charge in [0.25, 0.3) is 0 Å². The Morgan fingerprint density at radius 1 is 1.45 bits per heavy atom. The van der Waals surface area contributed by atoms with Gasteiger partial charge < -0.3 is 10.1 Å². The summed E-state index contributed by atoms with van der Waals surface area (Å²) >= 11 is 0. The maximum Gasteiger partial charge on any atom is 0.107 e. The highest BCUT2D eigenvalue weighted by Gasteiger charge is 2.15. The van der Waals surface area contributed by atoms with E-state index in [0.29, 0.717) is 6.23 Å². The molecule has 0 aromatic carbocycles. The molecule has 3 heteroatoms. The monoisotopic (exact) mass is 158 g/mol. The molecule has 0 aromatic rings. The van der Waals surface area contributed by atoms with Crippen LogP contribution in [-0.4, -0.2) is 43.9 Å². The first-order chi connectivity index (χ1) is 5.34. The molecule has 1 aliphatic heterocycles. The Labute approximate surface area is 68.7 Å². The van der Waals surface area contributed by atoms with Crippen LogP contribution in [-0.2, 0) is 4.74 Å². The predicted octanol–water partition coefficient (Wildman–Crippen LogP) is 0.274. The van der Waals surface area contributed by atoms with Crippen molar-refractivity contribution < 1.29 is 4.74 Å². The van der Waals surface area contributed by atoms with Gasteiger partial charge in [-0.05, 0) is 13.8 Å². The average Bonchev–Trinajstić information content (AvgIpc) is 2.07. The number of rotatable bonds is 3. The molecule has 1 atom stereocenters. The SMILES string of the molecule is CCOC(C)N1CCNCC1. The summed E-state index contributed by atoms with van der Waals surface area (Å²) in [6.45, 7) is 9.38. The Bertz CT molecular complexity index is 102. The molecule has 1 fully saturated rings. The van der Waals surface area contributed by atoms with Gasteiger partial charge >= 0.3 is 0 Å². The summed E-state index contributed by atoms with van der Waals surface area (Å²) in [5.41, 5.74) is 0. The molecule has 1 heterocycles. The van der Waals surface area contributed by atoms with Crippen LogP contribution in [0.15, 0.2) is 0 Å². The summed E-state index contributed by atoms with van der Waals surface area (Å²) in [6.07, 6.45) is 0.294. The van der Waals surface area contributed by atoms with E-state index in [1.807, 2.05) is 6.92 Å². The van der Waals surface area contributed by atoms with Crippen LogP contribution >= 0.6 is 0 Å². The second kappa shape index (κ2) is 4.70. The molecule has 0 saturated carbocycles. The van der Waals surface area contributed by atoms with Crippen LogP contribution in [0.25, 0.3) is 0 Å². The molecule has 3 nitrogen and oxygen atoms in total. The van der Waals surface area contributed by atoms with E-state index < -0.39 is 0 Å². The molecular formula is C8H18N2O. The maximum absolute atomic E-state index is 5.48. The van der Waals surface area contributed by atoms with Crippen molar-refractivity contribution in [1.29, 1.82) is 0 Å². The van der Waals surface area contributed by atoms with Crippen molar-refractivity contribution >= 4 is 0 Å². The van der Waals surface area contributed by atoms with Crippen molar-refractivity contribution in [3.63, 3.8) is 0 Å². The molecule has 66 valence electrons. The molecule has 0 bridgehead atoms. The molecule has 0 radical (unpaired) electrons. The topological polar surface area (TPSA) is 24.5 Å². The number of ether oxygens (including phenoxy) is 1. The largest absolute Gasteiger partial charge is 0.364 e. The summed E-state index contributed by atoms with van der Waals surface area (Å²) in [4.78, 5) is 2.36. The van der Waals surface area contributed by atoms with E-state index in [-0.39, 0.29) is 0 Å². The van der Waals surface area contributed by atoms with Crippen molar-refractivity contribution in [3.8, 4) is 0 Å². The van der Waals surface area contributed by atoms with Gasteiger partial charge in [-0.25, -0.2) is 0 Å². The molecule has 0 amide bonds. The minimum atomic E-state index is 0.294. The second-order valence-corrected chi connectivity index (χ2v) is 2.84. The van der Waals surface area contributed by atoms with Crippen LogP contribution in [0.1, 0.15) is 13.8 Å². The number of piperazine rings is 1. The summed E-state index contributed by atoms with van der Waals surface area (Å²) in [5, 5.41) is 3.31. The smallest absolute Gasteiger partial charge is 0.107 e. The van der Waals surface area contributed by atoms with Crippen LogP contribution in [0, 0.1) is 0 Å². The van der Waals surface area contributed by atoms with Crippen molar-refractivity contribution in [3.05, 3.63) is 0 Å². The molecule has 0 spiro atoms.